The lowest BCUT2D eigenvalue weighted by Gasteiger charge is -2.46. The molecule has 1 aromatic carbocycles. The molecule has 1 aromatic heterocycles. The van der Waals surface area contributed by atoms with Gasteiger partial charge >= 0.3 is 0 Å². The van der Waals surface area contributed by atoms with Crippen LogP contribution in [0.2, 0.25) is 0 Å². The second kappa shape index (κ2) is 6.06. The van der Waals surface area contributed by atoms with Gasteiger partial charge in [-0.2, -0.15) is 0 Å². The van der Waals surface area contributed by atoms with E-state index in [2.05, 4.69) is 64.3 Å². The first-order valence-electron chi connectivity index (χ1n) is 8.65. The highest BCUT2D eigenvalue weighted by atomic mass is 15.3. The number of likely N-dealkylation sites (tertiary alicyclic amines) is 2. The average molecular weight is 307 g/mol. The van der Waals surface area contributed by atoms with E-state index in [4.69, 9.17) is 0 Å². The Morgan fingerprint density at radius 1 is 1.04 bits per heavy atom. The van der Waals surface area contributed by atoms with Crippen LogP contribution in [0.5, 0.6) is 0 Å². The SMILES string of the molecule is CN1CC[C@]2(c3ccccc3)CCN(Cc3ccncc3)C[C@@H]12. The number of fused-ring (bicyclic) bond motifs is 1. The van der Waals surface area contributed by atoms with E-state index in [1.807, 2.05) is 12.4 Å². The Bertz CT molecular complexity index is 642. The molecule has 2 saturated heterocycles. The molecule has 0 bridgehead atoms. The van der Waals surface area contributed by atoms with Crippen molar-refractivity contribution in [3.63, 3.8) is 0 Å². The number of pyridine rings is 1. The Hall–Kier alpha value is -1.71. The number of nitrogens with zero attached hydrogens (tertiary/aromatic N) is 3. The molecule has 0 radical (unpaired) electrons. The number of rotatable bonds is 3. The molecule has 0 saturated carbocycles. The fourth-order valence-electron chi connectivity index (χ4n) is 4.56. The fraction of sp³-hybridized carbons (Fsp3) is 0.450. The summed E-state index contributed by atoms with van der Waals surface area (Å²) in [6, 6.07) is 16.1. The van der Waals surface area contributed by atoms with E-state index in [0.717, 1.165) is 13.1 Å². The number of aromatic nitrogens is 1. The minimum absolute atomic E-state index is 0.352. The van der Waals surface area contributed by atoms with Crippen molar-refractivity contribution in [1.82, 2.24) is 14.8 Å². The number of hydrogen-bond donors (Lipinski definition) is 0. The highest BCUT2D eigenvalue weighted by Gasteiger charge is 2.49. The Kier molecular flexibility index (Phi) is 3.92. The molecule has 0 unspecified atom stereocenters. The molecule has 3 heteroatoms. The van der Waals surface area contributed by atoms with Gasteiger partial charge in [0.05, 0.1) is 0 Å². The smallest absolute Gasteiger partial charge is 0.0318 e. The van der Waals surface area contributed by atoms with Gasteiger partial charge in [-0.1, -0.05) is 30.3 Å². The van der Waals surface area contributed by atoms with Gasteiger partial charge in [0.25, 0.3) is 0 Å². The van der Waals surface area contributed by atoms with E-state index >= 15 is 0 Å². The number of benzene rings is 1. The van der Waals surface area contributed by atoms with E-state index in [0.29, 0.717) is 11.5 Å². The summed E-state index contributed by atoms with van der Waals surface area (Å²) < 4.78 is 0. The standard InChI is InChI=1S/C20H25N3/c1-22-13-9-20(18-5-3-2-4-6-18)10-14-23(16-19(20)22)15-17-7-11-21-12-8-17/h2-8,11-12,19H,9-10,13-16H2,1H3/t19-,20-/m1/s1. The highest BCUT2D eigenvalue weighted by molar-refractivity contribution is 5.31. The van der Waals surface area contributed by atoms with Crippen LogP contribution in [0, 0.1) is 0 Å². The second-order valence-corrected chi connectivity index (χ2v) is 7.11. The first-order chi connectivity index (χ1) is 11.3. The molecule has 23 heavy (non-hydrogen) atoms. The van der Waals surface area contributed by atoms with E-state index in [1.165, 1.54) is 37.1 Å². The topological polar surface area (TPSA) is 19.4 Å². The molecule has 2 atom stereocenters. The summed E-state index contributed by atoms with van der Waals surface area (Å²) in [7, 11) is 2.30. The molecule has 0 aliphatic carbocycles. The largest absolute Gasteiger partial charge is 0.301 e. The summed E-state index contributed by atoms with van der Waals surface area (Å²) in [4.78, 5) is 9.32. The van der Waals surface area contributed by atoms with Crippen molar-refractivity contribution in [2.24, 2.45) is 0 Å². The van der Waals surface area contributed by atoms with Gasteiger partial charge < -0.3 is 4.90 Å². The maximum absolute atomic E-state index is 4.13. The van der Waals surface area contributed by atoms with Gasteiger partial charge in [0, 0.05) is 36.9 Å². The van der Waals surface area contributed by atoms with Gasteiger partial charge in [-0.25, -0.2) is 0 Å². The zero-order chi connectivity index (χ0) is 15.7. The second-order valence-electron chi connectivity index (χ2n) is 7.11. The zero-order valence-electron chi connectivity index (χ0n) is 13.9. The molecule has 2 aliphatic rings. The maximum atomic E-state index is 4.13. The minimum Gasteiger partial charge on any atom is -0.301 e. The summed E-state index contributed by atoms with van der Waals surface area (Å²) in [6.07, 6.45) is 6.35. The van der Waals surface area contributed by atoms with Gasteiger partial charge in [-0.3, -0.25) is 9.88 Å². The fourth-order valence-corrected chi connectivity index (χ4v) is 4.56. The van der Waals surface area contributed by atoms with E-state index in [9.17, 15) is 0 Å². The van der Waals surface area contributed by atoms with Crippen molar-refractivity contribution in [3.8, 4) is 0 Å². The van der Waals surface area contributed by atoms with Crippen molar-refractivity contribution in [1.29, 1.82) is 0 Å². The predicted octanol–water partition coefficient (Wildman–Crippen LogP) is 2.93. The third kappa shape index (κ3) is 2.68. The lowest BCUT2D eigenvalue weighted by atomic mass is 9.69. The van der Waals surface area contributed by atoms with Gasteiger partial charge in [-0.15, -0.1) is 0 Å². The van der Waals surface area contributed by atoms with Crippen LogP contribution in [0.1, 0.15) is 24.0 Å². The van der Waals surface area contributed by atoms with Crippen molar-refractivity contribution >= 4 is 0 Å². The quantitative estimate of drug-likeness (QED) is 0.869. The molecule has 4 rings (SSSR count). The summed E-state index contributed by atoms with van der Waals surface area (Å²) in [6.45, 7) is 4.59. The van der Waals surface area contributed by atoms with Gasteiger partial charge in [0.1, 0.15) is 0 Å². The average Bonchev–Trinajstić information content (AvgIpc) is 2.95. The van der Waals surface area contributed by atoms with Crippen LogP contribution in [0.3, 0.4) is 0 Å². The van der Waals surface area contributed by atoms with Crippen molar-refractivity contribution in [2.75, 3.05) is 26.7 Å². The number of piperidine rings is 1. The maximum Gasteiger partial charge on any atom is 0.0318 e. The lowest BCUT2D eigenvalue weighted by Crippen LogP contribution is -2.54. The van der Waals surface area contributed by atoms with Crippen LogP contribution in [-0.2, 0) is 12.0 Å². The van der Waals surface area contributed by atoms with Crippen LogP contribution in [0.4, 0.5) is 0 Å². The molecule has 2 aromatic rings. The summed E-state index contributed by atoms with van der Waals surface area (Å²) in [5, 5.41) is 0. The number of likely N-dealkylation sites (N-methyl/N-ethyl adjacent to an activating group) is 1. The molecule has 0 spiro atoms. The van der Waals surface area contributed by atoms with Gasteiger partial charge in [0.2, 0.25) is 0 Å². The molecule has 120 valence electrons. The van der Waals surface area contributed by atoms with Crippen molar-refractivity contribution in [3.05, 3.63) is 66.0 Å². The van der Waals surface area contributed by atoms with E-state index in [-0.39, 0.29) is 0 Å². The molecular weight excluding hydrogens is 282 g/mol. The third-order valence-electron chi connectivity index (χ3n) is 5.89. The van der Waals surface area contributed by atoms with E-state index < -0.39 is 0 Å². The highest BCUT2D eigenvalue weighted by Crippen LogP contribution is 2.45. The molecule has 2 fully saturated rings. The van der Waals surface area contributed by atoms with Crippen LogP contribution in [0.25, 0.3) is 0 Å². The monoisotopic (exact) mass is 307 g/mol. The Morgan fingerprint density at radius 3 is 2.57 bits per heavy atom. The number of hydrogen-bond acceptors (Lipinski definition) is 3. The van der Waals surface area contributed by atoms with Crippen molar-refractivity contribution < 1.29 is 0 Å². The Labute approximate surface area is 139 Å². The van der Waals surface area contributed by atoms with Crippen LogP contribution >= 0.6 is 0 Å². The summed E-state index contributed by atoms with van der Waals surface area (Å²) >= 11 is 0. The molecular formula is C20H25N3. The zero-order valence-corrected chi connectivity index (χ0v) is 13.9. The van der Waals surface area contributed by atoms with Crippen molar-refractivity contribution in [2.45, 2.75) is 30.8 Å². The minimum atomic E-state index is 0.352. The van der Waals surface area contributed by atoms with Gasteiger partial charge in [-0.05, 0) is 56.2 Å². The molecule has 0 N–H and O–H groups in total. The lowest BCUT2D eigenvalue weighted by molar-refractivity contribution is 0.0917. The Balaban J connectivity index is 1.56. The Morgan fingerprint density at radius 2 is 1.78 bits per heavy atom. The summed E-state index contributed by atoms with van der Waals surface area (Å²) in [5.74, 6) is 0. The van der Waals surface area contributed by atoms with E-state index in [1.54, 1.807) is 0 Å². The van der Waals surface area contributed by atoms with Crippen LogP contribution < -0.4 is 0 Å². The first-order valence-corrected chi connectivity index (χ1v) is 8.65. The van der Waals surface area contributed by atoms with Crippen LogP contribution in [0.15, 0.2) is 54.9 Å². The van der Waals surface area contributed by atoms with Gasteiger partial charge in [0.15, 0.2) is 0 Å². The first kappa shape index (κ1) is 14.9. The summed E-state index contributed by atoms with van der Waals surface area (Å²) in [5.41, 5.74) is 3.26. The molecule has 0 amide bonds. The molecule has 3 nitrogen and oxygen atoms in total. The predicted molar refractivity (Wildman–Crippen MR) is 93.3 cm³/mol. The molecule has 2 aliphatic heterocycles. The third-order valence-corrected chi connectivity index (χ3v) is 5.89. The normalized spacial score (nSPS) is 28.7. The van der Waals surface area contributed by atoms with Crippen LogP contribution in [-0.4, -0.2) is 47.5 Å². The molecule has 3 heterocycles.